The van der Waals surface area contributed by atoms with Gasteiger partial charge in [0.1, 0.15) is 11.7 Å². The van der Waals surface area contributed by atoms with E-state index in [0.717, 1.165) is 36.9 Å². The molecule has 2 aromatic rings. The summed E-state index contributed by atoms with van der Waals surface area (Å²) in [4.78, 5) is 38.3. The molecule has 0 bridgehead atoms. The Kier molecular flexibility index (Phi) is 5.94. The van der Waals surface area contributed by atoms with Gasteiger partial charge in [-0.3, -0.25) is 19.7 Å². The van der Waals surface area contributed by atoms with Crippen LogP contribution in [0, 0.1) is 5.92 Å². The Bertz CT molecular complexity index is 1070. The highest BCUT2D eigenvalue weighted by Crippen LogP contribution is 2.31. The van der Waals surface area contributed by atoms with Crippen LogP contribution < -0.4 is 5.32 Å². The molecular formula is C23H27N5O5. The zero-order chi connectivity index (χ0) is 22.9. The fourth-order valence-corrected chi connectivity index (χ4v) is 4.95. The molecule has 10 nitrogen and oxygen atoms in total. The van der Waals surface area contributed by atoms with E-state index >= 15 is 0 Å². The molecule has 3 aliphatic rings. The third-order valence-corrected chi connectivity index (χ3v) is 6.86. The lowest BCUT2D eigenvalue weighted by Crippen LogP contribution is -2.52. The van der Waals surface area contributed by atoms with E-state index in [9.17, 15) is 19.5 Å². The lowest BCUT2D eigenvalue weighted by Gasteiger charge is -2.29. The Morgan fingerprint density at radius 1 is 1.12 bits per heavy atom. The molecule has 2 fully saturated rings. The van der Waals surface area contributed by atoms with E-state index in [1.54, 1.807) is 23.0 Å². The molecule has 1 saturated carbocycles. The van der Waals surface area contributed by atoms with Crippen molar-refractivity contribution < 1.29 is 24.2 Å². The first-order chi connectivity index (χ1) is 16.0. The highest BCUT2D eigenvalue weighted by molar-refractivity contribution is 6.05. The second-order valence-corrected chi connectivity index (χ2v) is 8.99. The number of amides is 3. The molecule has 33 heavy (non-hydrogen) atoms. The van der Waals surface area contributed by atoms with Crippen molar-refractivity contribution in [3.05, 3.63) is 41.2 Å². The number of aliphatic hydroxyl groups excluding tert-OH is 1. The van der Waals surface area contributed by atoms with Crippen LogP contribution in [0.1, 0.15) is 60.1 Å². The Morgan fingerprint density at radius 2 is 1.94 bits per heavy atom. The summed E-state index contributed by atoms with van der Waals surface area (Å²) < 4.78 is 7.65. The van der Waals surface area contributed by atoms with Gasteiger partial charge in [0.2, 0.25) is 11.8 Å². The molecule has 5 rings (SSSR count). The number of nitrogens with one attached hydrogen (secondary N) is 1. The summed E-state index contributed by atoms with van der Waals surface area (Å²) in [6.07, 6.45) is 6.33. The summed E-state index contributed by atoms with van der Waals surface area (Å²) in [6.45, 7) is 0.868. The number of piperidine rings is 1. The third kappa shape index (κ3) is 4.28. The molecule has 2 N–H and O–H groups in total. The van der Waals surface area contributed by atoms with Gasteiger partial charge in [-0.25, -0.2) is 4.68 Å². The maximum atomic E-state index is 13.0. The first-order valence-corrected chi connectivity index (χ1v) is 11.4. The number of aromatic nitrogens is 3. The van der Waals surface area contributed by atoms with E-state index in [0.29, 0.717) is 30.2 Å². The predicted octanol–water partition coefficient (Wildman–Crippen LogP) is 1.10. The lowest BCUT2D eigenvalue weighted by molar-refractivity contribution is -0.136. The molecule has 174 valence electrons. The van der Waals surface area contributed by atoms with E-state index < -0.39 is 11.9 Å². The number of imide groups is 1. The molecule has 0 spiro atoms. The minimum absolute atomic E-state index is 0.165. The van der Waals surface area contributed by atoms with Crippen LogP contribution in [0.3, 0.4) is 0 Å². The van der Waals surface area contributed by atoms with Crippen LogP contribution in [-0.4, -0.2) is 61.5 Å². The number of rotatable bonds is 6. The highest BCUT2D eigenvalue weighted by Gasteiger charge is 2.40. The van der Waals surface area contributed by atoms with Crippen molar-refractivity contribution >= 4 is 17.7 Å². The van der Waals surface area contributed by atoms with Crippen LogP contribution in [0.4, 0.5) is 0 Å². The number of aliphatic hydroxyl groups is 1. The van der Waals surface area contributed by atoms with Crippen LogP contribution in [0.2, 0.25) is 0 Å². The van der Waals surface area contributed by atoms with Gasteiger partial charge in [0.05, 0.1) is 24.6 Å². The number of fused-ring (bicyclic) bond motifs is 1. The largest absolute Gasteiger partial charge is 0.396 e. The second kappa shape index (κ2) is 9.03. The standard InChI is InChI=1S/C23H27N5O5/c29-12-14-4-6-16(7-5-14)33-13-15-10-28(26-25-15)19-3-1-2-17-18(19)11-27(23(17)32)20-8-9-21(30)24-22(20)31/h1-3,10,14,16,20,29H,4-9,11-13H2,(H,24,30,31). The summed E-state index contributed by atoms with van der Waals surface area (Å²) in [5.41, 5.74) is 2.75. The average molecular weight is 453 g/mol. The fourth-order valence-electron chi connectivity index (χ4n) is 4.95. The number of hydrogen-bond acceptors (Lipinski definition) is 7. The first-order valence-electron chi connectivity index (χ1n) is 11.4. The molecular weight excluding hydrogens is 426 g/mol. The Morgan fingerprint density at radius 3 is 2.70 bits per heavy atom. The minimum Gasteiger partial charge on any atom is -0.396 e. The van der Waals surface area contributed by atoms with Crippen molar-refractivity contribution in [2.24, 2.45) is 5.92 Å². The van der Waals surface area contributed by atoms with Crippen molar-refractivity contribution in [3.8, 4) is 5.69 Å². The average Bonchev–Trinajstić information content (AvgIpc) is 3.43. The summed E-state index contributed by atoms with van der Waals surface area (Å²) >= 11 is 0. The van der Waals surface area contributed by atoms with Crippen molar-refractivity contribution in [1.29, 1.82) is 0 Å². The zero-order valence-corrected chi connectivity index (χ0v) is 18.3. The van der Waals surface area contributed by atoms with Gasteiger partial charge in [0, 0.05) is 30.7 Å². The fraction of sp³-hybridized carbons (Fsp3) is 0.522. The molecule has 10 heteroatoms. The van der Waals surface area contributed by atoms with Crippen LogP contribution in [-0.2, 0) is 27.5 Å². The SMILES string of the molecule is O=C1CCC(N2Cc3c(cccc3-n3cc(COC4CCC(CO)CC4)nn3)C2=O)C(=O)N1. The summed E-state index contributed by atoms with van der Waals surface area (Å²) in [5, 5.41) is 20.1. The van der Waals surface area contributed by atoms with Gasteiger partial charge in [-0.05, 0) is 50.2 Å². The normalized spacial score (nSPS) is 25.3. The van der Waals surface area contributed by atoms with Crippen molar-refractivity contribution in [3.63, 3.8) is 0 Å². The zero-order valence-electron chi connectivity index (χ0n) is 18.3. The van der Waals surface area contributed by atoms with Crippen molar-refractivity contribution in [2.45, 2.75) is 63.8 Å². The smallest absolute Gasteiger partial charge is 0.255 e. The van der Waals surface area contributed by atoms with E-state index in [2.05, 4.69) is 15.6 Å². The molecule has 1 aromatic carbocycles. The van der Waals surface area contributed by atoms with Gasteiger partial charge < -0.3 is 14.7 Å². The molecule has 1 atom stereocenters. The lowest BCUT2D eigenvalue weighted by atomic mass is 9.88. The van der Waals surface area contributed by atoms with E-state index in [-0.39, 0.29) is 37.5 Å². The van der Waals surface area contributed by atoms with Gasteiger partial charge in [0.15, 0.2) is 0 Å². The number of ether oxygens (including phenoxy) is 1. The van der Waals surface area contributed by atoms with Gasteiger partial charge in [-0.2, -0.15) is 0 Å². The minimum atomic E-state index is -0.656. The molecule has 0 radical (unpaired) electrons. The quantitative estimate of drug-likeness (QED) is 0.627. The number of carbonyl (C=O) groups is 3. The van der Waals surface area contributed by atoms with E-state index in [4.69, 9.17) is 4.74 Å². The number of benzene rings is 1. The molecule has 1 unspecified atom stereocenters. The van der Waals surface area contributed by atoms with Crippen molar-refractivity contribution in [2.75, 3.05) is 6.61 Å². The summed E-state index contributed by atoms with van der Waals surface area (Å²) in [5.74, 6) is -0.570. The predicted molar refractivity (Wildman–Crippen MR) is 115 cm³/mol. The summed E-state index contributed by atoms with van der Waals surface area (Å²) in [6, 6.07) is 4.75. The molecule has 3 heterocycles. The maximum Gasteiger partial charge on any atom is 0.255 e. The second-order valence-electron chi connectivity index (χ2n) is 8.99. The van der Waals surface area contributed by atoms with Crippen LogP contribution in [0.25, 0.3) is 5.69 Å². The first kappa shape index (κ1) is 21.7. The highest BCUT2D eigenvalue weighted by atomic mass is 16.5. The topological polar surface area (TPSA) is 127 Å². The number of hydrogen-bond donors (Lipinski definition) is 2. The third-order valence-electron chi connectivity index (χ3n) is 6.86. The monoisotopic (exact) mass is 453 g/mol. The Labute approximate surface area is 190 Å². The van der Waals surface area contributed by atoms with Gasteiger partial charge in [-0.1, -0.05) is 11.3 Å². The molecule has 3 amide bonds. The van der Waals surface area contributed by atoms with Gasteiger partial charge in [-0.15, -0.1) is 5.10 Å². The maximum absolute atomic E-state index is 13.0. The van der Waals surface area contributed by atoms with Gasteiger partial charge >= 0.3 is 0 Å². The molecule has 1 aliphatic carbocycles. The molecule has 2 aliphatic heterocycles. The van der Waals surface area contributed by atoms with E-state index in [1.807, 2.05) is 6.07 Å². The van der Waals surface area contributed by atoms with Crippen LogP contribution >= 0.6 is 0 Å². The van der Waals surface area contributed by atoms with Crippen molar-refractivity contribution in [1.82, 2.24) is 25.2 Å². The number of nitrogens with zero attached hydrogens (tertiary/aromatic N) is 4. The van der Waals surface area contributed by atoms with Crippen LogP contribution in [0.5, 0.6) is 0 Å². The Balaban J connectivity index is 1.28. The molecule has 1 aromatic heterocycles. The van der Waals surface area contributed by atoms with Gasteiger partial charge in [0.25, 0.3) is 5.91 Å². The van der Waals surface area contributed by atoms with E-state index in [1.165, 1.54) is 4.90 Å². The summed E-state index contributed by atoms with van der Waals surface area (Å²) in [7, 11) is 0. The van der Waals surface area contributed by atoms with Crippen LogP contribution in [0.15, 0.2) is 24.4 Å². The molecule has 1 saturated heterocycles. The Hall–Kier alpha value is -3.11. The number of carbonyl (C=O) groups excluding carboxylic acids is 3.